The molecule has 17 heavy (non-hydrogen) atoms. The average Bonchev–Trinajstić information content (AvgIpc) is 2.61. The Morgan fingerprint density at radius 2 is 0.941 bits per heavy atom. The minimum Gasteiger partial charge on any atom is -0.135 e. The molecule has 0 aliphatic rings. The summed E-state index contributed by atoms with van der Waals surface area (Å²) in [5.74, 6) is 0. The van der Waals surface area contributed by atoms with Gasteiger partial charge in [0, 0.05) is 9.75 Å². The standard InChI is InChI=1S/C16H20S/c1-5-9-13-14(10-6-2)16(12-8-4)17-15(13)11-7-3/h5-12H,1-4H3/b9-5-,10-6-,11-7-,12-8-. The van der Waals surface area contributed by atoms with Crippen molar-refractivity contribution in [3.05, 3.63) is 45.2 Å². The van der Waals surface area contributed by atoms with Gasteiger partial charge in [-0.2, -0.15) is 0 Å². The van der Waals surface area contributed by atoms with Gasteiger partial charge in [-0.05, 0) is 51.0 Å². The highest BCUT2D eigenvalue weighted by molar-refractivity contribution is 7.14. The number of hydrogen-bond acceptors (Lipinski definition) is 1. The van der Waals surface area contributed by atoms with Gasteiger partial charge in [-0.25, -0.2) is 0 Å². The van der Waals surface area contributed by atoms with E-state index in [4.69, 9.17) is 0 Å². The van der Waals surface area contributed by atoms with Crippen molar-refractivity contribution in [1.29, 1.82) is 0 Å². The van der Waals surface area contributed by atoms with Crippen molar-refractivity contribution in [2.75, 3.05) is 0 Å². The first-order chi connectivity index (χ1) is 8.28. The lowest BCUT2D eigenvalue weighted by Crippen LogP contribution is -1.78. The van der Waals surface area contributed by atoms with Crippen molar-refractivity contribution in [3.63, 3.8) is 0 Å². The van der Waals surface area contributed by atoms with Crippen LogP contribution in [0.1, 0.15) is 48.6 Å². The van der Waals surface area contributed by atoms with Crippen LogP contribution in [0.2, 0.25) is 0 Å². The number of allylic oxidation sites excluding steroid dienone is 4. The Morgan fingerprint density at radius 1 is 0.588 bits per heavy atom. The van der Waals surface area contributed by atoms with Crippen molar-refractivity contribution in [2.24, 2.45) is 0 Å². The quantitative estimate of drug-likeness (QED) is 0.620. The summed E-state index contributed by atoms with van der Waals surface area (Å²) in [6.45, 7) is 8.24. The Labute approximate surface area is 109 Å². The summed E-state index contributed by atoms with van der Waals surface area (Å²) >= 11 is 1.84. The maximum absolute atomic E-state index is 2.19. The molecule has 0 unspecified atom stereocenters. The highest BCUT2D eigenvalue weighted by Crippen LogP contribution is 2.33. The van der Waals surface area contributed by atoms with Gasteiger partial charge in [0.25, 0.3) is 0 Å². The van der Waals surface area contributed by atoms with Gasteiger partial charge in [0.15, 0.2) is 0 Å². The van der Waals surface area contributed by atoms with Crippen LogP contribution in [0.4, 0.5) is 0 Å². The second-order valence-corrected chi connectivity index (χ2v) is 4.74. The van der Waals surface area contributed by atoms with Crippen molar-refractivity contribution in [2.45, 2.75) is 27.7 Å². The van der Waals surface area contributed by atoms with Crippen LogP contribution in [0, 0.1) is 0 Å². The summed E-state index contributed by atoms with van der Waals surface area (Å²) in [6.07, 6.45) is 17.1. The minimum atomic E-state index is 1.32. The van der Waals surface area contributed by atoms with Gasteiger partial charge >= 0.3 is 0 Å². The summed E-state index contributed by atoms with van der Waals surface area (Å²) in [5, 5.41) is 0. The fraction of sp³-hybridized carbons (Fsp3) is 0.250. The van der Waals surface area contributed by atoms with Crippen LogP contribution >= 0.6 is 11.3 Å². The highest BCUT2D eigenvalue weighted by atomic mass is 32.1. The van der Waals surface area contributed by atoms with Crippen molar-refractivity contribution in [3.8, 4) is 0 Å². The van der Waals surface area contributed by atoms with Crippen molar-refractivity contribution in [1.82, 2.24) is 0 Å². The Bertz CT molecular complexity index is 425. The molecule has 0 radical (unpaired) electrons. The van der Waals surface area contributed by atoms with Gasteiger partial charge < -0.3 is 0 Å². The van der Waals surface area contributed by atoms with Crippen LogP contribution in [0.25, 0.3) is 24.3 Å². The molecule has 0 aliphatic carbocycles. The zero-order valence-corrected chi connectivity index (χ0v) is 11.8. The zero-order valence-electron chi connectivity index (χ0n) is 11.0. The van der Waals surface area contributed by atoms with Gasteiger partial charge in [-0.3, -0.25) is 0 Å². The zero-order chi connectivity index (χ0) is 12.7. The summed E-state index contributed by atoms with van der Waals surface area (Å²) in [7, 11) is 0. The summed E-state index contributed by atoms with van der Waals surface area (Å²) in [5.41, 5.74) is 2.64. The predicted octanol–water partition coefficient (Wildman–Crippen LogP) is 5.88. The minimum absolute atomic E-state index is 1.32. The van der Waals surface area contributed by atoms with E-state index in [0.29, 0.717) is 0 Å². The lowest BCUT2D eigenvalue weighted by Gasteiger charge is -1.96. The first kappa shape index (κ1) is 13.7. The van der Waals surface area contributed by atoms with Crippen LogP contribution in [0.3, 0.4) is 0 Å². The maximum atomic E-state index is 2.19. The number of thiophene rings is 1. The van der Waals surface area contributed by atoms with Gasteiger partial charge in [0.1, 0.15) is 0 Å². The summed E-state index contributed by atoms with van der Waals surface area (Å²) in [4.78, 5) is 2.65. The van der Waals surface area contributed by atoms with E-state index in [0.717, 1.165) is 0 Å². The summed E-state index contributed by atoms with van der Waals surface area (Å²) in [6, 6.07) is 0. The molecule has 0 saturated heterocycles. The van der Waals surface area contributed by atoms with E-state index in [1.165, 1.54) is 20.9 Å². The van der Waals surface area contributed by atoms with E-state index < -0.39 is 0 Å². The lowest BCUT2D eigenvalue weighted by molar-refractivity contribution is 1.66. The van der Waals surface area contributed by atoms with E-state index in [1.54, 1.807) is 0 Å². The Hall–Kier alpha value is -1.34. The van der Waals surface area contributed by atoms with E-state index in [9.17, 15) is 0 Å². The first-order valence-corrected chi connectivity index (χ1v) is 6.77. The second kappa shape index (κ2) is 7.08. The Morgan fingerprint density at radius 3 is 1.24 bits per heavy atom. The third-order valence-corrected chi connectivity index (χ3v) is 3.50. The van der Waals surface area contributed by atoms with E-state index in [-0.39, 0.29) is 0 Å². The topological polar surface area (TPSA) is 0 Å². The van der Waals surface area contributed by atoms with Crippen LogP contribution in [0.15, 0.2) is 24.3 Å². The monoisotopic (exact) mass is 244 g/mol. The normalized spacial score (nSPS) is 12.9. The van der Waals surface area contributed by atoms with E-state index >= 15 is 0 Å². The van der Waals surface area contributed by atoms with Crippen molar-refractivity contribution < 1.29 is 0 Å². The molecule has 90 valence electrons. The van der Waals surface area contributed by atoms with Gasteiger partial charge in [0.05, 0.1) is 0 Å². The average molecular weight is 244 g/mol. The molecule has 1 aromatic rings. The van der Waals surface area contributed by atoms with Crippen LogP contribution < -0.4 is 0 Å². The molecule has 0 bridgehead atoms. The maximum Gasteiger partial charge on any atom is 0.0351 e. The van der Waals surface area contributed by atoms with E-state index in [1.807, 2.05) is 11.3 Å². The second-order valence-electron chi connectivity index (χ2n) is 3.66. The molecule has 1 heterocycles. The molecule has 0 amide bonds. The van der Waals surface area contributed by atoms with Crippen molar-refractivity contribution >= 4 is 35.6 Å². The molecule has 0 fully saturated rings. The fourth-order valence-electron chi connectivity index (χ4n) is 1.72. The van der Waals surface area contributed by atoms with Crippen LogP contribution in [0.5, 0.6) is 0 Å². The summed E-state index contributed by atoms with van der Waals surface area (Å²) < 4.78 is 0. The molecule has 0 N–H and O–H groups in total. The first-order valence-electron chi connectivity index (χ1n) is 5.96. The number of hydrogen-bond donors (Lipinski definition) is 0. The van der Waals surface area contributed by atoms with Gasteiger partial charge in [-0.15, -0.1) is 11.3 Å². The molecule has 0 spiro atoms. The molecule has 0 saturated carbocycles. The van der Waals surface area contributed by atoms with Gasteiger partial charge in [0.2, 0.25) is 0 Å². The van der Waals surface area contributed by atoms with Gasteiger partial charge in [-0.1, -0.05) is 36.5 Å². The van der Waals surface area contributed by atoms with Crippen LogP contribution in [-0.4, -0.2) is 0 Å². The highest BCUT2D eigenvalue weighted by Gasteiger charge is 2.10. The van der Waals surface area contributed by atoms with Crippen LogP contribution in [-0.2, 0) is 0 Å². The Balaban J connectivity index is 3.47. The van der Waals surface area contributed by atoms with E-state index in [2.05, 4.69) is 76.3 Å². The molecular weight excluding hydrogens is 224 g/mol. The third kappa shape index (κ3) is 3.31. The lowest BCUT2D eigenvalue weighted by atomic mass is 10.1. The number of rotatable bonds is 4. The smallest absolute Gasteiger partial charge is 0.0351 e. The molecule has 0 aliphatic heterocycles. The molecule has 0 nitrogen and oxygen atoms in total. The third-order valence-electron chi connectivity index (χ3n) is 2.34. The molecule has 1 aromatic heterocycles. The fourth-order valence-corrected chi connectivity index (χ4v) is 2.94. The molecule has 1 heteroatoms. The molecule has 0 aromatic carbocycles. The molecule has 0 atom stereocenters. The molecular formula is C16H20S. The predicted molar refractivity (Wildman–Crippen MR) is 83.2 cm³/mol. The largest absolute Gasteiger partial charge is 0.135 e. The molecule has 1 rings (SSSR count). The SMILES string of the molecule is C/C=C\c1sc(/C=C\C)c(/C=C\C)c1/C=C\C. The Kier molecular flexibility index (Phi) is 5.71.